The molecule has 1 saturated heterocycles. The van der Waals surface area contributed by atoms with E-state index in [-0.39, 0.29) is 23.8 Å². The zero-order valence-corrected chi connectivity index (χ0v) is 14.3. The lowest BCUT2D eigenvalue weighted by Crippen LogP contribution is -2.45. The smallest absolute Gasteiger partial charge is 0.329 e. The third-order valence-corrected chi connectivity index (χ3v) is 3.96. The molecule has 2 atom stereocenters. The van der Waals surface area contributed by atoms with Crippen molar-refractivity contribution in [1.82, 2.24) is 4.90 Å². The van der Waals surface area contributed by atoms with Gasteiger partial charge < -0.3 is 9.64 Å². The minimum Gasteiger partial charge on any atom is -0.458 e. The van der Waals surface area contributed by atoms with Crippen LogP contribution in [0.2, 0.25) is 0 Å². The molecule has 122 valence electrons. The van der Waals surface area contributed by atoms with Gasteiger partial charge in [0.15, 0.2) is 0 Å². The zero-order valence-electron chi connectivity index (χ0n) is 14.3. The van der Waals surface area contributed by atoms with Crippen LogP contribution in [0, 0.1) is 5.92 Å². The van der Waals surface area contributed by atoms with Crippen molar-refractivity contribution in [3.05, 3.63) is 0 Å². The number of nitrogens with zero attached hydrogens (tertiary/aromatic N) is 1. The van der Waals surface area contributed by atoms with Gasteiger partial charge in [-0.2, -0.15) is 0 Å². The van der Waals surface area contributed by atoms with Gasteiger partial charge in [0, 0.05) is 12.5 Å². The maximum absolute atomic E-state index is 12.7. The van der Waals surface area contributed by atoms with Crippen molar-refractivity contribution in [3.8, 4) is 0 Å². The second-order valence-corrected chi connectivity index (χ2v) is 6.97. The average molecular weight is 297 g/mol. The maximum atomic E-state index is 12.7. The number of likely N-dealkylation sites (tertiary alicyclic amines) is 1. The molecular weight excluding hydrogens is 266 g/mol. The Morgan fingerprint density at radius 1 is 1.29 bits per heavy atom. The Kier molecular flexibility index (Phi) is 6.69. The largest absolute Gasteiger partial charge is 0.458 e. The van der Waals surface area contributed by atoms with Crippen LogP contribution in [0.3, 0.4) is 0 Å². The number of hydrogen-bond acceptors (Lipinski definition) is 3. The van der Waals surface area contributed by atoms with E-state index in [2.05, 4.69) is 13.8 Å². The summed E-state index contributed by atoms with van der Waals surface area (Å²) in [6.07, 6.45) is 5.54. The van der Waals surface area contributed by atoms with E-state index < -0.39 is 5.60 Å². The van der Waals surface area contributed by atoms with E-state index >= 15 is 0 Å². The Morgan fingerprint density at radius 3 is 2.48 bits per heavy atom. The first-order valence-corrected chi connectivity index (χ1v) is 8.33. The molecular formula is C17H31NO3. The van der Waals surface area contributed by atoms with E-state index in [9.17, 15) is 9.59 Å². The molecule has 0 saturated carbocycles. The minimum absolute atomic E-state index is 0.0491. The molecule has 0 aliphatic carbocycles. The Labute approximate surface area is 129 Å². The van der Waals surface area contributed by atoms with Crippen LogP contribution in [0.4, 0.5) is 0 Å². The normalized spacial score (nSPS) is 20.4. The number of carbonyl (C=O) groups excluding carboxylic acids is 2. The van der Waals surface area contributed by atoms with Gasteiger partial charge in [-0.05, 0) is 46.5 Å². The summed E-state index contributed by atoms with van der Waals surface area (Å²) in [6.45, 7) is 10.5. The molecule has 1 unspecified atom stereocenters. The lowest BCUT2D eigenvalue weighted by atomic mass is 9.97. The SMILES string of the molecule is CCCCC(CC)C(=O)N1CCC[C@H]1C(=O)OC(C)(C)C. The van der Waals surface area contributed by atoms with Crippen LogP contribution in [0.1, 0.15) is 73.1 Å². The number of carbonyl (C=O) groups is 2. The number of hydrogen-bond donors (Lipinski definition) is 0. The number of amides is 1. The van der Waals surface area contributed by atoms with Crippen molar-refractivity contribution >= 4 is 11.9 Å². The number of ether oxygens (including phenoxy) is 1. The van der Waals surface area contributed by atoms with Crippen LogP contribution >= 0.6 is 0 Å². The van der Waals surface area contributed by atoms with Gasteiger partial charge in [0.05, 0.1) is 0 Å². The van der Waals surface area contributed by atoms with Crippen LogP contribution in [0.25, 0.3) is 0 Å². The second kappa shape index (κ2) is 7.81. The first-order valence-electron chi connectivity index (χ1n) is 8.33. The molecule has 4 nitrogen and oxygen atoms in total. The van der Waals surface area contributed by atoms with Gasteiger partial charge >= 0.3 is 5.97 Å². The molecule has 0 aromatic heterocycles. The highest BCUT2D eigenvalue weighted by Gasteiger charge is 2.38. The first kappa shape index (κ1) is 18.0. The molecule has 4 heteroatoms. The summed E-state index contributed by atoms with van der Waals surface area (Å²) in [6, 6.07) is -0.382. The topological polar surface area (TPSA) is 46.6 Å². The third-order valence-electron chi connectivity index (χ3n) is 3.96. The molecule has 0 bridgehead atoms. The summed E-state index contributed by atoms with van der Waals surface area (Å²) < 4.78 is 5.46. The van der Waals surface area contributed by atoms with E-state index in [1.54, 1.807) is 4.90 Å². The highest BCUT2D eigenvalue weighted by molar-refractivity contribution is 5.86. The van der Waals surface area contributed by atoms with Gasteiger partial charge in [0.1, 0.15) is 11.6 Å². The molecule has 0 aromatic rings. The van der Waals surface area contributed by atoms with Gasteiger partial charge in [-0.3, -0.25) is 4.79 Å². The molecule has 1 rings (SSSR count). The van der Waals surface area contributed by atoms with Gasteiger partial charge in [-0.15, -0.1) is 0 Å². The molecule has 21 heavy (non-hydrogen) atoms. The number of esters is 1. The van der Waals surface area contributed by atoms with Crippen LogP contribution in [0.5, 0.6) is 0 Å². The predicted molar refractivity (Wildman–Crippen MR) is 83.9 cm³/mol. The summed E-state index contributed by atoms with van der Waals surface area (Å²) in [5.41, 5.74) is -0.499. The van der Waals surface area contributed by atoms with Crippen LogP contribution in [-0.4, -0.2) is 35.0 Å². The molecule has 0 radical (unpaired) electrons. The van der Waals surface area contributed by atoms with Gasteiger partial charge in [-0.25, -0.2) is 4.79 Å². The van der Waals surface area contributed by atoms with Crippen LogP contribution in [0.15, 0.2) is 0 Å². The standard InChI is InChI=1S/C17H31NO3/c1-6-8-10-13(7-2)15(19)18-12-9-11-14(18)16(20)21-17(3,4)5/h13-14H,6-12H2,1-5H3/t13?,14-/m0/s1. The highest BCUT2D eigenvalue weighted by Crippen LogP contribution is 2.25. The zero-order chi connectivity index (χ0) is 16.0. The fourth-order valence-electron chi connectivity index (χ4n) is 2.83. The summed E-state index contributed by atoms with van der Waals surface area (Å²) in [5, 5.41) is 0. The lowest BCUT2D eigenvalue weighted by molar-refractivity contribution is -0.164. The summed E-state index contributed by atoms with van der Waals surface area (Å²) in [5.74, 6) is -0.0639. The average Bonchev–Trinajstić information content (AvgIpc) is 2.86. The van der Waals surface area contributed by atoms with Gasteiger partial charge in [-0.1, -0.05) is 26.7 Å². The van der Waals surface area contributed by atoms with E-state index in [1.165, 1.54) is 0 Å². The predicted octanol–water partition coefficient (Wildman–Crippen LogP) is 3.54. The van der Waals surface area contributed by atoms with Crippen molar-refractivity contribution in [2.24, 2.45) is 5.92 Å². The van der Waals surface area contributed by atoms with E-state index in [0.717, 1.165) is 38.5 Å². The number of unbranched alkanes of at least 4 members (excludes halogenated alkanes) is 1. The third kappa shape index (κ3) is 5.33. The van der Waals surface area contributed by atoms with Gasteiger partial charge in [0.25, 0.3) is 0 Å². The fraction of sp³-hybridized carbons (Fsp3) is 0.882. The molecule has 1 fully saturated rings. The van der Waals surface area contributed by atoms with Crippen molar-refractivity contribution in [2.45, 2.75) is 84.8 Å². The van der Waals surface area contributed by atoms with Crippen molar-refractivity contribution in [2.75, 3.05) is 6.54 Å². The molecule has 0 N–H and O–H groups in total. The van der Waals surface area contributed by atoms with Gasteiger partial charge in [0.2, 0.25) is 5.91 Å². The van der Waals surface area contributed by atoms with Crippen molar-refractivity contribution in [1.29, 1.82) is 0 Å². The molecule has 1 amide bonds. The number of rotatable bonds is 6. The van der Waals surface area contributed by atoms with Crippen LogP contribution < -0.4 is 0 Å². The van der Waals surface area contributed by atoms with Crippen molar-refractivity contribution in [3.63, 3.8) is 0 Å². The maximum Gasteiger partial charge on any atom is 0.329 e. The van der Waals surface area contributed by atoms with E-state index in [1.807, 2.05) is 20.8 Å². The van der Waals surface area contributed by atoms with E-state index in [0.29, 0.717) is 6.54 Å². The Balaban J connectivity index is 2.71. The lowest BCUT2D eigenvalue weighted by Gasteiger charge is -2.29. The first-order chi connectivity index (χ1) is 9.80. The molecule has 0 aromatic carbocycles. The summed E-state index contributed by atoms with van der Waals surface area (Å²) in [4.78, 5) is 26.7. The van der Waals surface area contributed by atoms with Crippen molar-refractivity contribution < 1.29 is 14.3 Å². The Morgan fingerprint density at radius 2 is 1.95 bits per heavy atom. The summed E-state index contributed by atoms with van der Waals surface area (Å²) >= 11 is 0. The van der Waals surface area contributed by atoms with Crippen LogP contribution in [-0.2, 0) is 14.3 Å². The molecule has 0 spiro atoms. The second-order valence-electron chi connectivity index (χ2n) is 6.97. The highest BCUT2D eigenvalue weighted by atomic mass is 16.6. The Bertz CT molecular complexity index is 360. The summed E-state index contributed by atoms with van der Waals surface area (Å²) in [7, 11) is 0. The fourth-order valence-corrected chi connectivity index (χ4v) is 2.83. The molecule has 1 heterocycles. The Hall–Kier alpha value is -1.06. The molecule has 1 aliphatic rings. The monoisotopic (exact) mass is 297 g/mol. The molecule has 1 aliphatic heterocycles. The van der Waals surface area contributed by atoms with E-state index in [4.69, 9.17) is 4.74 Å². The quantitative estimate of drug-likeness (QED) is 0.705. The minimum atomic E-state index is -0.499.